The zero-order chi connectivity index (χ0) is 34.4. The van der Waals surface area contributed by atoms with Gasteiger partial charge in [0, 0.05) is 6.42 Å². The molecule has 3 N–H and O–H groups in total. The van der Waals surface area contributed by atoms with Crippen LogP contribution >= 0.6 is 7.82 Å². The molecule has 0 aliphatic rings. The summed E-state index contributed by atoms with van der Waals surface area (Å²) in [7, 11) is 1.59. The van der Waals surface area contributed by atoms with Crippen LogP contribution in [0.3, 0.4) is 0 Å². The lowest BCUT2D eigenvalue weighted by Crippen LogP contribution is -2.46. The normalized spacial score (nSPS) is 15.0. The third kappa shape index (κ3) is 31.6. The van der Waals surface area contributed by atoms with Gasteiger partial charge in [0.25, 0.3) is 0 Å². The van der Waals surface area contributed by atoms with Gasteiger partial charge in [-0.1, -0.05) is 109 Å². The highest BCUT2D eigenvalue weighted by Gasteiger charge is 2.28. The Balaban J connectivity index is 4.51. The number of aliphatic hydroxyl groups excluding tert-OH is 1. The molecule has 1 amide bonds. The van der Waals surface area contributed by atoms with E-state index in [1.54, 1.807) is 0 Å². The van der Waals surface area contributed by atoms with Crippen LogP contribution in [0.4, 0.5) is 0 Å². The molecule has 0 aromatic carbocycles. The van der Waals surface area contributed by atoms with Crippen molar-refractivity contribution in [3.63, 3.8) is 0 Å². The van der Waals surface area contributed by atoms with Crippen molar-refractivity contribution in [3.8, 4) is 0 Å². The Morgan fingerprint density at radius 2 is 1.17 bits per heavy atom. The number of carbonyl (C=O) groups is 1. The van der Waals surface area contributed by atoms with E-state index in [0.717, 1.165) is 57.8 Å². The molecular weight excluding hydrogens is 599 g/mol. The number of hydrogen-bond acceptors (Lipinski definition) is 5. The fraction of sp³-hybridized carbons (Fsp3) is 0.865. The van der Waals surface area contributed by atoms with E-state index in [9.17, 15) is 19.4 Å². The van der Waals surface area contributed by atoms with Crippen molar-refractivity contribution in [1.29, 1.82) is 0 Å². The number of unbranched alkanes of at least 4 members (excludes halogenated alkanes) is 16. The van der Waals surface area contributed by atoms with E-state index < -0.39 is 20.0 Å². The number of amides is 1. The van der Waals surface area contributed by atoms with Gasteiger partial charge in [-0.05, 0) is 64.2 Å². The standard InChI is InChI=1S/C37H73N2O6P/c1-6-8-10-12-14-16-18-19-20-21-23-25-27-29-31-37(41)38-35(34-45-46(42,43)44-33-32-39(3,4)5)36(40)30-28-26-24-22-17-15-13-11-9-7-2/h17-19,22,35-36,40H,6-16,20-21,23-34H2,1-5H3,(H-,38,41,42,43)/p+1/b19-18+,22-17+/t35-,36+/m0/s1. The number of hydrogen-bond donors (Lipinski definition) is 3. The van der Waals surface area contributed by atoms with Crippen LogP contribution in [0.1, 0.15) is 155 Å². The molecule has 0 bridgehead atoms. The van der Waals surface area contributed by atoms with Gasteiger partial charge in [-0.3, -0.25) is 13.8 Å². The number of allylic oxidation sites excluding steroid dienone is 4. The van der Waals surface area contributed by atoms with Gasteiger partial charge < -0.3 is 19.8 Å². The predicted molar refractivity (Wildman–Crippen MR) is 194 cm³/mol. The minimum atomic E-state index is -4.31. The number of nitrogens with one attached hydrogen (secondary N) is 1. The van der Waals surface area contributed by atoms with Gasteiger partial charge in [0.15, 0.2) is 0 Å². The molecule has 0 aromatic rings. The molecule has 0 saturated carbocycles. The summed E-state index contributed by atoms with van der Waals surface area (Å²) in [5, 5.41) is 13.8. The first kappa shape index (κ1) is 45.0. The molecule has 0 saturated heterocycles. The maximum Gasteiger partial charge on any atom is 0.472 e. The Bertz CT molecular complexity index is 814. The highest BCUT2D eigenvalue weighted by atomic mass is 31.2. The van der Waals surface area contributed by atoms with Crippen LogP contribution < -0.4 is 5.32 Å². The summed E-state index contributed by atoms with van der Waals surface area (Å²) in [4.78, 5) is 22.9. The Morgan fingerprint density at radius 3 is 1.70 bits per heavy atom. The number of aliphatic hydroxyl groups is 1. The van der Waals surface area contributed by atoms with E-state index >= 15 is 0 Å². The number of nitrogens with zero attached hydrogens (tertiary/aromatic N) is 1. The minimum Gasteiger partial charge on any atom is -0.391 e. The topological polar surface area (TPSA) is 105 Å². The van der Waals surface area contributed by atoms with Crippen molar-refractivity contribution >= 4 is 13.7 Å². The zero-order valence-electron chi connectivity index (χ0n) is 30.6. The highest BCUT2D eigenvalue weighted by Crippen LogP contribution is 2.43. The molecule has 0 rings (SSSR count). The summed E-state index contributed by atoms with van der Waals surface area (Å²) in [6, 6.07) is -0.775. The number of rotatable bonds is 33. The lowest BCUT2D eigenvalue weighted by Gasteiger charge is -2.26. The van der Waals surface area contributed by atoms with Crippen molar-refractivity contribution in [2.45, 2.75) is 167 Å². The second-order valence-electron chi connectivity index (χ2n) is 13.9. The molecule has 0 heterocycles. The number of phosphoric acid groups is 1. The predicted octanol–water partition coefficient (Wildman–Crippen LogP) is 9.41. The fourth-order valence-electron chi connectivity index (χ4n) is 5.09. The Morgan fingerprint density at radius 1 is 0.717 bits per heavy atom. The van der Waals surface area contributed by atoms with Crippen molar-refractivity contribution in [3.05, 3.63) is 24.3 Å². The van der Waals surface area contributed by atoms with Crippen molar-refractivity contribution < 1.29 is 32.9 Å². The van der Waals surface area contributed by atoms with Crippen molar-refractivity contribution in [2.24, 2.45) is 0 Å². The number of carbonyl (C=O) groups excluding carboxylic acids is 1. The summed E-state index contributed by atoms with van der Waals surface area (Å²) >= 11 is 0. The molecule has 272 valence electrons. The van der Waals surface area contributed by atoms with E-state index in [2.05, 4.69) is 43.5 Å². The number of likely N-dealkylation sites (N-methyl/N-ethyl adjacent to an activating group) is 1. The van der Waals surface area contributed by atoms with Gasteiger partial charge in [0.1, 0.15) is 13.2 Å². The fourth-order valence-corrected chi connectivity index (χ4v) is 5.83. The van der Waals surface area contributed by atoms with Gasteiger partial charge in [0.2, 0.25) is 5.91 Å². The molecule has 3 atom stereocenters. The second kappa shape index (κ2) is 30.1. The monoisotopic (exact) mass is 674 g/mol. The van der Waals surface area contributed by atoms with Gasteiger partial charge in [0.05, 0.1) is 39.9 Å². The van der Waals surface area contributed by atoms with Gasteiger partial charge in [-0.15, -0.1) is 0 Å². The zero-order valence-corrected chi connectivity index (χ0v) is 31.5. The van der Waals surface area contributed by atoms with Crippen LogP contribution in [0.2, 0.25) is 0 Å². The quantitative estimate of drug-likeness (QED) is 0.0278. The molecule has 0 aliphatic heterocycles. The number of quaternary nitrogens is 1. The molecule has 46 heavy (non-hydrogen) atoms. The van der Waals surface area contributed by atoms with Crippen LogP contribution in [0.15, 0.2) is 24.3 Å². The van der Waals surface area contributed by atoms with Crippen molar-refractivity contribution in [2.75, 3.05) is 40.9 Å². The van der Waals surface area contributed by atoms with E-state index in [0.29, 0.717) is 23.9 Å². The Hall–Kier alpha value is -1.02. The molecule has 0 aromatic heterocycles. The third-order valence-electron chi connectivity index (χ3n) is 8.17. The van der Waals surface area contributed by atoms with Crippen LogP contribution in [0.5, 0.6) is 0 Å². The average Bonchev–Trinajstić information content (AvgIpc) is 2.99. The molecular formula is C37H74N2O6P+. The van der Waals surface area contributed by atoms with Gasteiger partial charge in [-0.2, -0.15) is 0 Å². The van der Waals surface area contributed by atoms with Crippen molar-refractivity contribution in [1.82, 2.24) is 5.32 Å². The molecule has 0 aliphatic carbocycles. The summed E-state index contributed by atoms with van der Waals surface area (Å²) in [5.74, 6) is -0.167. The first-order valence-corrected chi connectivity index (χ1v) is 20.2. The number of phosphoric ester groups is 1. The maximum atomic E-state index is 12.8. The molecule has 8 nitrogen and oxygen atoms in total. The van der Waals surface area contributed by atoms with Crippen LogP contribution in [-0.4, -0.2) is 73.4 Å². The largest absolute Gasteiger partial charge is 0.472 e. The summed E-state index contributed by atoms with van der Waals surface area (Å²) in [6.07, 6.45) is 32.0. The van der Waals surface area contributed by atoms with E-state index in [4.69, 9.17) is 9.05 Å². The lowest BCUT2D eigenvalue weighted by molar-refractivity contribution is -0.870. The minimum absolute atomic E-state index is 0.0678. The van der Waals surface area contributed by atoms with Crippen LogP contribution in [0.25, 0.3) is 0 Å². The highest BCUT2D eigenvalue weighted by molar-refractivity contribution is 7.47. The summed E-state index contributed by atoms with van der Waals surface area (Å²) in [6.45, 7) is 4.79. The van der Waals surface area contributed by atoms with E-state index in [1.165, 1.54) is 70.6 Å². The second-order valence-corrected chi connectivity index (χ2v) is 15.4. The summed E-state index contributed by atoms with van der Waals surface area (Å²) in [5.41, 5.74) is 0. The molecule has 0 fully saturated rings. The molecule has 0 radical (unpaired) electrons. The smallest absolute Gasteiger partial charge is 0.391 e. The molecule has 1 unspecified atom stereocenters. The SMILES string of the molecule is CCCCCC/C=C/CCCC[C@@H](O)[C@H](COP(=O)(O)OCC[N+](C)(C)C)NC(=O)CCCCCCC/C=C/CCCCCCC. The van der Waals surface area contributed by atoms with Crippen LogP contribution in [0, 0.1) is 0 Å². The summed E-state index contributed by atoms with van der Waals surface area (Å²) < 4.78 is 23.4. The average molecular weight is 674 g/mol. The molecule has 0 spiro atoms. The third-order valence-corrected chi connectivity index (χ3v) is 9.16. The van der Waals surface area contributed by atoms with Gasteiger partial charge >= 0.3 is 7.82 Å². The maximum absolute atomic E-state index is 12.8. The lowest BCUT2D eigenvalue weighted by atomic mass is 10.0. The van der Waals surface area contributed by atoms with E-state index in [-0.39, 0.29) is 19.1 Å². The molecule has 9 heteroatoms. The first-order valence-electron chi connectivity index (χ1n) is 18.7. The van der Waals surface area contributed by atoms with Gasteiger partial charge in [-0.25, -0.2) is 4.57 Å². The Labute approximate surface area is 284 Å². The van der Waals surface area contributed by atoms with Crippen LogP contribution in [-0.2, 0) is 18.4 Å². The van der Waals surface area contributed by atoms with E-state index in [1.807, 2.05) is 21.1 Å². The first-order chi connectivity index (χ1) is 22.0. The Kier molecular flexibility index (Phi) is 29.4.